The number of halogens is 6. The van der Waals surface area contributed by atoms with Crippen LogP contribution in [0, 0.1) is 0 Å². The van der Waals surface area contributed by atoms with Gasteiger partial charge in [0.1, 0.15) is 23.0 Å². The van der Waals surface area contributed by atoms with Crippen LogP contribution in [0.5, 0.6) is 23.0 Å². The summed E-state index contributed by atoms with van der Waals surface area (Å²) in [4.78, 5) is 0. The van der Waals surface area contributed by atoms with E-state index in [4.69, 9.17) is 14.2 Å². The summed E-state index contributed by atoms with van der Waals surface area (Å²) in [5.74, 6) is -4.62. The summed E-state index contributed by atoms with van der Waals surface area (Å²) in [6.07, 6.45) is -5.24. The Morgan fingerprint density at radius 2 is 1.00 bits per heavy atom. The second-order valence-corrected chi connectivity index (χ2v) is 4.98. The fourth-order valence-electron chi connectivity index (χ4n) is 2.12. The van der Waals surface area contributed by atoms with Gasteiger partial charge in [0.2, 0.25) is 0 Å². The SMILES string of the molecule is COc1ccc(Oc2ccc(OC)cc2C(F)=C(F)F)c(C(F)=C(F)F)c1. The molecule has 0 saturated carbocycles. The van der Waals surface area contributed by atoms with Gasteiger partial charge in [0.25, 0.3) is 0 Å². The highest BCUT2D eigenvalue weighted by Crippen LogP contribution is 2.40. The van der Waals surface area contributed by atoms with E-state index < -0.39 is 46.4 Å². The number of methoxy groups -OCH3 is 2. The van der Waals surface area contributed by atoms with E-state index in [1.807, 2.05) is 0 Å². The van der Waals surface area contributed by atoms with Crippen molar-refractivity contribution in [2.75, 3.05) is 14.2 Å². The van der Waals surface area contributed by atoms with Crippen molar-refractivity contribution >= 4 is 11.7 Å². The van der Waals surface area contributed by atoms with Crippen molar-refractivity contribution in [3.05, 3.63) is 59.7 Å². The third kappa shape index (κ3) is 4.55. The summed E-state index contributed by atoms with van der Waals surface area (Å²) in [5.41, 5.74) is -1.39. The molecule has 9 heteroatoms. The van der Waals surface area contributed by atoms with Crippen LogP contribution >= 0.6 is 0 Å². The summed E-state index contributed by atoms with van der Waals surface area (Å²) < 4.78 is 93.4. The summed E-state index contributed by atoms with van der Waals surface area (Å²) in [6, 6.07) is 6.56. The fraction of sp³-hybridized carbons (Fsp3) is 0.111. The van der Waals surface area contributed by atoms with Crippen LogP contribution in [0.3, 0.4) is 0 Å². The highest BCUT2D eigenvalue weighted by molar-refractivity contribution is 5.70. The molecule has 0 amide bonds. The average Bonchev–Trinajstić information content (AvgIpc) is 2.67. The third-order valence-corrected chi connectivity index (χ3v) is 3.40. The molecule has 0 N–H and O–H groups in total. The maximum Gasteiger partial charge on any atom is 0.306 e. The van der Waals surface area contributed by atoms with Gasteiger partial charge in [-0.25, -0.2) is 8.78 Å². The fourth-order valence-corrected chi connectivity index (χ4v) is 2.12. The van der Waals surface area contributed by atoms with Gasteiger partial charge in [-0.1, -0.05) is 0 Å². The van der Waals surface area contributed by atoms with Crippen molar-refractivity contribution in [1.82, 2.24) is 0 Å². The van der Waals surface area contributed by atoms with Crippen molar-refractivity contribution in [2.45, 2.75) is 0 Å². The third-order valence-electron chi connectivity index (χ3n) is 3.40. The molecule has 0 spiro atoms. The monoisotopic (exact) mass is 390 g/mol. The lowest BCUT2D eigenvalue weighted by atomic mass is 10.1. The largest absolute Gasteiger partial charge is 0.497 e. The molecule has 0 radical (unpaired) electrons. The molecule has 0 fully saturated rings. The Hall–Kier alpha value is -3.10. The number of hydrogen-bond acceptors (Lipinski definition) is 3. The Balaban J connectivity index is 2.61. The van der Waals surface area contributed by atoms with Crippen molar-refractivity contribution < 1.29 is 40.6 Å². The zero-order valence-corrected chi connectivity index (χ0v) is 14.0. The quantitative estimate of drug-likeness (QED) is 0.523. The maximum atomic E-state index is 13.8. The molecule has 144 valence electrons. The molecule has 0 aliphatic heterocycles. The highest BCUT2D eigenvalue weighted by atomic mass is 19.3. The first-order chi connectivity index (χ1) is 12.8. The van der Waals surface area contributed by atoms with Crippen LogP contribution in [-0.4, -0.2) is 14.2 Å². The lowest BCUT2D eigenvalue weighted by Crippen LogP contribution is -1.96. The smallest absolute Gasteiger partial charge is 0.306 e. The highest BCUT2D eigenvalue weighted by Gasteiger charge is 2.20. The first-order valence-corrected chi connectivity index (χ1v) is 7.24. The minimum Gasteiger partial charge on any atom is -0.497 e. The Kier molecular flexibility index (Phi) is 6.38. The summed E-state index contributed by atoms with van der Waals surface area (Å²) in [5, 5.41) is 0. The molecule has 0 heterocycles. The van der Waals surface area contributed by atoms with E-state index in [1.165, 1.54) is 26.4 Å². The molecule has 0 aliphatic rings. The van der Waals surface area contributed by atoms with Crippen molar-refractivity contribution in [2.24, 2.45) is 0 Å². The number of ether oxygens (including phenoxy) is 3. The summed E-state index contributed by atoms with van der Waals surface area (Å²) >= 11 is 0. The van der Waals surface area contributed by atoms with Crippen LogP contribution in [0.25, 0.3) is 11.7 Å². The van der Waals surface area contributed by atoms with Crippen LogP contribution in [0.15, 0.2) is 48.6 Å². The second kappa shape index (κ2) is 8.52. The molecule has 0 bridgehead atoms. The van der Waals surface area contributed by atoms with Crippen LogP contribution in [0.1, 0.15) is 11.1 Å². The molecule has 2 aromatic carbocycles. The lowest BCUT2D eigenvalue weighted by molar-refractivity contribution is 0.401. The van der Waals surface area contributed by atoms with E-state index in [2.05, 4.69) is 0 Å². The van der Waals surface area contributed by atoms with Gasteiger partial charge in [0.15, 0.2) is 11.7 Å². The number of benzene rings is 2. The van der Waals surface area contributed by atoms with Crippen molar-refractivity contribution in [3.8, 4) is 23.0 Å². The molecule has 2 rings (SSSR count). The standard InChI is InChI=1S/C18H12F6O3/c1-25-9-3-5-13(11(7-9)15(19)17(21)22)27-14-6-4-10(26-2)8-12(14)16(20)18(23)24/h3-8H,1-2H3. The van der Waals surface area contributed by atoms with E-state index in [1.54, 1.807) is 0 Å². The predicted octanol–water partition coefficient (Wildman–Crippen LogP) is 6.57. The number of hydrogen-bond donors (Lipinski definition) is 0. The molecule has 0 atom stereocenters. The summed E-state index contributed by atoms with van der Waals surface area (Å²) in [6.45, 7) is 0. The first kappa shape index (κ1) is 20.2. The predicted molar refractivity (Wildman–Crippen MR) is 86.6 cm³/mol. The van der Waals surface area contributed by atoms with Crippen LogP contribution in [0.4, 0.5) is 26.3 Å². The Morgan fingerprint density at radius 1 is 0.630 bits per heavy atom. The van der Waals surface area contributed by atoms with E-state index in [0.717, 1.165) is 24.3 Å². The van der Waals surface area contributed by atoms with Gasteiger partial charge in [-0.05, 0) is 36.4 Å². The molecule has 0 aliphatic carbocycles. The molecule has 2 aromatic rings. The Labute approximate surface area is 150 Å². The minimum atomic E-state index is -2.62. The minimum absolute atomic E-state index is 0.0459. The number of rotatable bonds is 6. The van der Waals surface area contributed by atoms with Crippen molar-refractivity contribution in [1.29, 1.82) is 0 Å². The van der Waals surface area contributed by atoms with Gasteiger partial charge < -0.3 is 14.2 Å². The van der Waals surface area contributed by atoms with E-state index in [0.29, 0.717) is 0 Å². The van der Waals surface area contributed by atoms with Gasteiger partial charge in [-0.15, -0.1) is 0 Å². The first-order valence-electron chi connectivity index (χ1n) is 7.24. The molecule has 3 nitrogen and oxygen atoms in total. The molecule has 0 aromatic heterocycles. The van der Waals surface area contributed by atoms with Gasteiger partial charge >= 0.3 is 12.2 Å². The normalized spacial score (nSPS) is 10.2. The zero-order chi connectivity index (χ0) is 20.1. The average molecular weight is 390 g/mol. The summed E-state index contributed by atoms with van der Waals surface area (Å²) in [7, 11) is 2.47. The molecular weight excluding hydrogens is 378 g/mol. The van der Waals surface area contributed by atoms with E-state index >= 15 is 0 Å². The topological polar surface area (TPSA) is 27.7 Å². The lowest BCUT2D eigenvalue weighted by Gasteiger charge is -2.14. The van der Waals surface area contributed by atoms with E-state index in [9.17, 15) is 26.3 Å². The molecule has 0 saturated heterocycles. The zero-order valence-electron chi connectivity index (χ0n) is 14.0. The van der Waals surface area contributed by atoms with Crippen LogP contribution in [-0.2, 0) is 0 Å². The van der Waals surface area contributed by atoms with Gasteiger partial charge in [0.05, 0.1) is 25.3 Å². The van der Waals surface area contributed by atoms with E-state index in [-0.39, 0.29) is 11.5 Å². The van der Waals surface area contributed by atoms with Crippen LogP contribution in [0.2, 0.25) is 0 Å². The van der Waals surface area contributed by atoms with Gasteiger partial charge in [0, 0.05) is 0 Å². The Morgan fingerprint density at radius 3 is 1.30 bits per heavy atom. The molecule has 27 heavy (non-hydrogen) atoms. The van der Waals surface area contributed by atoms with Crippen molar-refractivity contribution in [3.63, 3.8) is 0 Å². The van der Waals surface area contributed by atoms with Gasteiger partial charge in [-0.3, -0.25) is 0 Å². The Bertz CT molecular complexity index is 826. The van der Waals surface area contributed by atoms with Gasteiger partial charge in [-0.2, -0.15) is 17.6 Å². The van der Waals surface area contributed by atoms with Crippen LogP contribution < -0.4 is 14.2 Å². The molecule has 0 unspecified atom stereocenters. The second-order valence-electron chi connectivity index (χ2n) is 4.98. The molecular formula is C18H12F6O3. The maximum absolute atomic E-state index is 13.8.